The number of aliphatic carboxylic acids is 1. The zero-order chi connectivity index (χ0) is 20.8. The first-order chi connectivity index (χ1) is 13.3. The molecular weight excluding hydrogens is 392 g/mol. The number of aromatic nitrogens is 2. The molecule has 1 aromatic carbocycles. The summed E-state index contributed by atoms with van der Waals surface area (Å²) in [5.74, 6) is -0.350. The molecule has 2 rings (SSSR count). The summed E-state index contributed by atoms with van der Waals surface area (Å²) in [6.45, 7) is 1.64. The Morgan fingerprint density at radius 2 is 2.11 bits per heavy atom. The molecule has 1 N–H and O–H groups in total. The Morgan fingerprint density at radius 1 is 1.39 bits per heavy atom. The fourth-order valence-electron chi connectivity index (χ4n) is 2.71. The molecule has 0 fully saturated rings. The largest absolute Gasteiger partial charge is 0.497 e. The zero-order valence-electron chi connectivity index (χ0n) is 15.5. The summed E-state index contributed by atoms with van der Waals surface area (Å²) >= 11 is 5.83. The lowest BCUT2D eigenvalue weighted by Gasteiger charge is -2.29. The van der Waals surface area contributed by atoms with E-state index < -0.39 is 22.6 Å². The lowest BCUT2D eigenvalue weighted by molar-refractivity contribution is -0.384. The van der Waals surface area contributed by atoms with E-state index >= 15 is 0 Å². The molecule has 0 amide bonds. The number of hydrogen-bond donors (Lipinski definition) is 1. The molecule has 1 unspecified atom stereocenters. The highest BCUT2D eigenvalue weighted by atomic mass is 35.5. The fourth-order valence-corrected chi connectivity index (χ4v) is 2.84. The maximum absolute atomic E-state index is 11.8. The zero-order valence-corrected chi connectivity index (χ0v) is 16.2. The number of carboxylic acids is 1. The number of carboxylic acid groups (broad SMARTS) is 1. The minimum absolute atomic E-state index is 0.0217. The van der Waals surface area contributed by atoms with Crippen LogP contribution in [0.1, 0.15) is 18.9 Å². The minimum atomic E-state index is -1.15. The summed E-state index contributed by atoms with van der Waals surface area (Å²) in [5, 5.41) is 20.9. The summed E-state index contributed by atoms with van der Waals surface area (Å²) < 4.78 is 10.5. The van der Waals surface area contributed by atoms with Gasteiger partial charge in [-0.15, -0.1) is 0 Å². The van der Waals surface area contributed by atoms with E-state index in [-0.39, 0.29) is 24.1 Å². The van der Waals surface area contributed by atoms with Crippen LogP contribution in [0.5, 0.6) is 11.5 Å². The molecule has 0 aliphatic carbocycles. The number of hydrogen-bond acceptors (Lipinski definition) is 8. The van der Waals surface area contributed by atoms with Crippen molar-refractivity contribution in [2.75, 3.05) is 19.1 Å². The van der Waals surface area contributed by atoms with E-state index in [2.05, 4.69) is 9.97 Å². The van der Waals surface area contributed by atoms with E-state index in [1.807, 2.05) is 0 Å². The lowest BCUT2D eigenvalue weighted by atomic mass is 10.1. The van der Waals surface area contributed by atoms with Crippen LogP contribution in [0.2, 0.25) is 5.28 Å². The van der Waals surface area contributed by atoms with Crippen LogP contribution in [-0.4, -0.2) is 46.2 Å². The number of benzene rings is 1. The molecule has 0 aliphatic heterocycles. The van der Waals surface area contributed by atoms with Crippen molar-refractivity contribution in [2.24, 2.45) is 0 Å². The third kappa shape index (κ3) is 4.58. The molecule has 2 aromatic rings. The second-order valence-electron chi connectivity index (χ2n) is 5.67. The summed E-state index contributed by atoms with van der Waals surface area (Å²) in [6.07, 6.45) is 1.13. The fraction of sp³-hybridized carbons (Fsp3) is 0.353. The molecule has 28 heavy (non-hydrogen) atoms. The Bertz CT molecular complexity index is 879. The van der Waals surface area contributed by atoms with Gasteiger partial charge in [-0.3, -0.25) is 10.1 Å². The Morgan fingerprint density at radius 3 is 2.64 bits per heavy atom. The number of rotatable bonds is 9. The maximum atomic E-state index is 11.8. The SMILES string of the molecule is CCC(C(=O)O)N(Cc1ccc(OC)cc1OC)c1nc(Cl)ncc1[N+](=O)[O-]. The number of anilines is 1. The predicted molar refractivity (Wildman–Crippen MR) is 101 cm³/mol. The first kappa shape index (κ1) is 21.2. The van der Waals surface area contributed by atoms with Gasteiger partial charge in [-0.1, -0.05) is 6.92 Å². The van der Waals surface area contributed by atoms with Gasteiger partial charge in [0.15, 0.2) is 0 Å². The van der Waals surface area contributed by atoms with Gasteiger partial charge in [0.1, 0.15) is 23.7 Å². The molecule has 150 valence electrons. The van der Waals surface area contributed by atoms with E-state index in [1.165, 1.54) is 19.1 Å². The van der Waals surface area contributed by atoms with Crippen LogP contribution in [0, 0.1) is 10.1 Å². The summed E-state index contributed by atoms with van der Waals surface area (Å²) in [4.78, 5) is 31.5. The minimum Gasteiger partial charge on any atom is -0.497 e. The van der Waals surface area contributed by atoms with Crippen molar-refractivity contribution in [3.63, 3.8) is 0 Å². The standard InChI is InChI=1S/C17H19ClN4O6/c1-4-12(16(23)24)21(15-13(22(25)26)8-19-17(18)20-15)9-10-5-6-11(27-2)7-14(10)28-3/h5-8,12H,4,9H2,1-3H3,(H,23,24). The number of carbonyl (C=O) groups is 1. The molecule has 0 radical (unpaired) electrons. The quantitative estimate of drug-likeness (QED) is 0.376. The average molecular weight is 411 g/mol. The van der Waals surface area contributed by atoms with Gasteiger partial charge in [0.25, 0.3) is 0 Å². The van der Waals surface area contributed by atoms with Crippen LogP contribution < -0.4 is 14.4 Å². The van der Waals surface area contributed by atoms with Gasteiger partial charge < -0.3 is 19.5 Å². The van der Waals surface area contributed by atoms with Crippen molar-refractivity contribution in [2.45, 2.75) is 25.9 Å². The molecule has 0 bridgehead atoms. The normalized spacial score (nSPS) is 11.6. The highest BCUT2D eigenvalue weighted by Gasteiger charge is 2.32. The number of halogens is 1. The second kappa shape index (κ2) is 9.18. The third-order valence-corrected chi connectivity index (χ3v) is 4.25. The van der Waals surface area contributed by atoms with Gasteiger partial charge in [-0.05, 0) is 30.2 Å². The van der Waals surface area contributed by atoms with Crippen LogP contribution in [0.4, 0.5) is 11.5 Å². The monoisotopic (exact) mass is 410 g/mol. The Balaban J connectivity index is 2.61. The first-order valence-electron chi connectivity index (χ1n) is 8.19. The molecule has 0 spiro atoms. The molecule has 1 heterocycles. The molecule has 0 aliphatic rings. The van der Waals surface area contributed by atoms with E-state index in [9.17, 15) is 20.0 Å². The van der Waals surface area contributed by atoms with E-state index in [0.29, 0.717) is 17.1 Å². The number of ether oxygens (including phenoxy) is 2. The Kier molecular flexibility index (Phi) is 6.94. The van der Waals surface area contributed by atoms with Crippen molar-refractivity contribution in [1.29, 1.82) is 0 Å². The molecule has 1 atom stereocenters. The van der Waals surface area contributed by atoms with Crippen molar-refractivity contribution in [3.8, 4) is 11.5 Å². The van der Waals surface area contributed by atoms with Gasteiger partial charge >= 0.3 is 11.7 Å². The summed E-state index contributed by atoms with van der Waals surface area (Å²) in [5.41, 5.74) is 0.142. The average Bonchev–Trinajstić information content (AvgIpc) is 2.67. The van der Waals surface area contributed by atoms with Gasteiger partial charge in [0, 0.05) is 18.2 Å². The highest BCUT2D eigenvalue weighted by molar-refractivity contribution is 6.28. The highest BCUT2D eigenvalue weighted by Crippen LogP contribution is 2.33. The molecule has 0 saturated heterocycles. The van der Waals surface area contributed by atoms with Crippen LogP contribution in [0.3, 0.4) is 0 Å². The second-order valence-corrected chi connectivity index (χ2v) is 6.01. The smallest absolute Gasteiger partial charge is 0.329 e. The lowest BCUT2D eigenvalue weighted by Crippen LogP contribution is -2.41. The molecular formula is C17H19ClN4O6. The van der Waals surface area contributed by atoms with Gasteiger partial charge in [0.2, 0.25) is 11.1 Å². The summed E-state index contributed by atoms with van der Waals surface area (Å²) in [7, 11) is 2.96. The Labute approximate surface area is 165 Å². The topological polar surface area (TPSA) is 128 Å². The molecule has 11 heteroatoms. The van der Waals surface area contributed by atoms with E-state index in [0.717, 1.165) is 6.20 Å². The van der Waals surface area contributed by atoms with Crippen molar-refractivity contribution in [1.82, 2.24) is 9.97 Å². The van der Waals surface area contributed by atoms with Crippen molar-refractivity contribution in [3.05, 3.63) is 45.4 Å². The third-order valence-electron chi connectivity index (χ3n) is 4.07. The van der Waals surface area contributed by atoms with Gasteiger partial charge in [-0.2, -0.15) is 4.98 Å². The van der Waals surface area contributed by atoms with Gasteiger partial charge in [0.05, 0.1) is 19.1 Å². The number of nitrogens with zero attached hydrogens (tertiary/aromatic N) is 4. The number of nitro groups is 1. The molecule has 10 nitrogen and oxygen atoms in total. The van der Waals surface area contributed by atoms with Crippen LogP contribution in [0.15, 0.2) is 24.4 Å². The van der Waals surface area contributed by atoms with Crippen LogP contribution in [-0.2, 0) is 11.3 Å². The van der Waals surface area contributed by atoms with Gasteiger partial charge in [-0.25, -0.2) is 9.78 Å². The molecule has 0 saturated carbocycles. The van der Waals surface area contributed by atoms with E-state index in [4.69, 9.17) is 21.1 Å². The van der Waals surface area contributed by atoms with E-state index in [1.54, 1.807) is 25.1 Å². The molecule has 1 aromatic heterocycles. The first-order valence-corrected chi connectivity index (χ1v) is 8.57. The number of methoxy groups -OCH3 is 2. The maximum Gasteiger partial charge on any atom is 0.329 e. The Hall–Kier alpha value is -3.14. The van der Waals surface area contributed by atoms with Crippen molar-refractivity contribution >= 4 is 29.1 Å². The predicted octanol–water partition coefficient (Wildman–Crippen LogP) is 2.93. The van der Waals surface area contributed by atoms with Crippen molar-refractivity contribution < 1.29 is 24.3 Å². The van der Waals surface area contributed by atoms with Crippen LogP contribution >= 0.6 is 11.6 Å². The summed E-state index contributed by atoms with van der Waals surface area (Å²) in [6, 6.07) is 3.92. The van der Waals surface area contributed by atoms with Crippen LogP contribution in [0.25, 0.3) is 0 Å².